The maximum absolute atomic E-state index is 10.3. The summed E-state index contributed by atoms with van der Waals surface area (Å²) in [5.41, 5.74) is 0.223. The van der Waals surface area contributed by atoms with Gasteiger partial charge in [0, 0.05) is 6.42 Å². The molecule has 15 heavy (non-hydrogen) atoms. The molecule has 0 spiro atoms. The van der Waals surface area contributed by atoms with Crippen molar-refractivity contribution < 1.29 is 15.0 Å². The Hall–Kier alpha value is -1.09. The summed E-state index contributed by atoms with van der Waals surface area (Å²) in [6, 6.07) is 0. The van der Waals surface area contributed by atoms with Crippen molar-refractivity contribution >= 4 is 5.97 Å². The molecular formula is C12H20O3. The molecule has 1 atom stereocenters. The minimum atomic E-state index is -0.830. The molecule has 0 aliphatic heterocycles. The first-order valence-corrected chi connectivity index (χ1v) is 5.11. The van der Waals surface area contributed by atoms with Crippen LogP contribution in [0.3, 0.4) is 0 Å². The Kier molecular flexibility index (Phi) is 5.94. The van der Waals surface area contributed by atoms with Crippen LogP contribution in [0.5, 0.6) is 0 Å². The number of carboxylic acids is 1. The van der Waals surface area contributed by atoms with Crippen LogP contribution in [0.1, 0.15) is 39.5 Å². The lowest BCUT2D eigenvalue weighted by molar-refractivity contribution is -0.136. The fourth-order valence-electron chi connectivity index (χ4n) is 1.12. The number of allylic oxidation sites excluding steroid dienone is 2. The molecule has 0 fully saturated rings. The molecule has 3 heteroatoms. The van der Waals surface area contributed by atoms with E-state index < -0.39 is 11.6 Å². The summed E-state index contributed by atoms with van der Waals surface area (Å²) in [6.45, 7) is 7.16. The van der Waals surface area contributed by atoms with E-state index in [1.54, 1.807) is 6.92 Å². The Morgan fingerprint density at radius 2 is 2.07 bits per heavy atom. The van der Waals surface area contributed by atoms with Crippen LogP contribution in [-0.2, 0) is 4.79 Å². The van der Waals surface area contributed by atoms with Gasteiger partial charge in [0.15, 0.2) is 0 Å². The van der Waals surface area contributed by atoms with Gasteiger partial charge in [-0.25, -0.2) is 0 Å². The molecule has 0 radical (unpaired) electrons. The standard InChI is InChI=1S/C12H20O3/c1-4-12(3,15)9-5-6-10(2)7-8-11(13)14/h4,6,15H,1,5,7-9H2,2-3H3,(H,13,14)/b10-6+. The molecule has 0 bridgehead atoms. The molecule has 0 amide bonds. The van der Waals surface area contributed by atoms with Crippen LogP contribution in [0.15, 0.2) is 24.3 Å². The average molecular weight is 212 g/mol. The summed E-state index contributed by atoms with van der Waals surface area (Å²) >= 11 is 0. The summed E-state index contributed by atoms with van der Waals surface area (Å²) in [5.74, 6) is -0.777. The Morgan fingerprint density at radius 1 is 1.47 bits per heavy atom. The maximum atomic E-state index is 10.3. The van der Waals surface area contributed by atoms with Gasteiger partial charge < -0.3 is 10.2 Å². The zero-order valence-electron chi connectivity index (χ0n) is 9.49. The molecule has 86 valence electrons. The van der Waals surface area contributed by atoms with Crippen molar-refractivity contribution in [1.29, 1.82) is 0 Å². The monoisotopic (exact) mass is 212 g/mol. The fraction of sp³-hybridized carbons (Fsp3) is 0.583. The van der Waals surface area contributed by atoms with Crippen LogP contribution in [0, 0.1) is 0 Å². The third kappa shape index (κ3) is 7.94. The first-order valence-electron chi connectivity index (χ1n) is 5.11. The molecular weight excluding hydrogens is 192 g/mol. The van der Waals surface area contributed by atoms with Gasteiger partial charge in [0.05, 0.1) is 5.60 Å². The molecule has 0 aromatic carbocycles. The second-order valence-electron chi connectivity index (χ2n) is 4.04. The fourth-order valence-corrected chi connectivity index (χ4v) is 1.12. The lowest BCUT2D eigenvalue weighted by Gasteiger charge is -2.16. The van der Waals surface area contributed by atoms with Crippen LogP contribution < -0.4 is 0 Å². The second kappa shape index (κ2) is 6.40. The zero-order chi connectivity index (χ0) is 11.9. The molecule has 0 saturated carbocycles. The Morgan fingerprint density at radius 3 is 2.53 bits per heavy atom. The summed E-state index contributed by atoms with van der Waals surface area (Å²) in [5, 5.41) is 18.1. The number of rotatable bonds is 7. The molecule has 0 aromatic heterocycles. The van der Waals surface area contributed by atoms with Gasteiger partial charge in [-0.05, 0) is 33.1 Å². The van der Waals surface area contributed by atoms with Crippen LogP contribution >= 0.6 is 0 Å². The van der Waals surface area contributed by atoms with Crippen LogP contribution in [0.2, 0.25) is 0 Å². The van der Waals surface area contributed by atoms with Gasteiger partial charge in [-0.15, -0.1) is 6.58 Å². The topological polar surface area (TPSA) is 57.5 Å². The van der Waals surface area contributed by atoms with Crippen molar-refractivity contribution in [2.75, 3.05) is 0 Å². The van der Waals surface area contributed by atoms with Crippen LogP contribution in [0.25, 0.3) is 0 Å². The van der Waals surface area contributed by atoms with Crippen molar-refractivity contribution in [2.24, 2.45) is 0 Å². The van der Waals surface area contributed by atoms with Crippen molar-refractivity contribution in [3.05, 3.63) is 24.3 Å². The third-order valence-corrected chi connectivity index (χ3v) is 2.32. The minimum absolute atomic E-state index is 0.167. The van der Waals surface area contributed by atoms with Crippen LogP contribution in [-0.4, -0.2) is 21.8 Å². The van der Waals surface area contributed by atoms with Crippen molar-refractivity contribution in [1.82, 2.24) is 0 Å². The molecule has 0 rings (SSSR count). The number of aliphatic hydroxyl groups is 1. The van der Waals surface area contributed by atoms with Gasteiger partial charge in [0.2, 0.25) is 0 Å². The molecule has 0 aliphatic rings. The maximum Gasteiger partial charge on any atom is 0.303 e. The number of hydrogen-bond acceptors (Lipinski definition) is 2. The highest BCUT2D eigenvalue weighted by Gasteiger charge is 2.13. The van der Waals surface area contributed by atoms with Gasteiger partial charge in [0.1, 0.15) is 0 Å². The number of aliphatic carboxylic acids is 1. The summed E-state index contributed by atoms with van der Waals surface area (Å²) < 4.78 is 0. The van der Waals surface area contributed by atoms with Gasteiger partial charge in [-0.2, -0.15) is 0 Å². The quantitative estimate of drug-likeness (QED) is 0.637. The zero-order valence-corrected chi connectivity index (χ0v) is 9.49. The first-order chi connectivity index (χ1) is 6.87. The van der Waals surface area contributed by atoms with Gasteiger partial charge in [0.25, 0.3) is 0 Å². The van der Waals surface area contributed by atoms with Gasteiger partial charge in [-0.3, -0.25) is 4.79 Å². The van der Waals surface area contributed by atoms with Gasteiger partial charge >= 0.3 is 5.97 Å². The molecule has 2 N–H and O–H groups in total. The molecule has 3 nitrogen and oxygen atoms in total. The average Bonchev–Trinajstić information content (AvgIpc) is 2.14. The Labute approximate surface area is 91.1 Å². The SMILES string of the molecule is C=CC(C)(O)CC/C=C(\C)CCC(=O)O. The summed E-state index contributed by atoms with van der Waals surface area (Å²) in [6.07, 6.45) is 5.59. The molecule has 1 unspecified atom stereocenters. The van der Waals surface area contributed by atoms with E-state index in [9.17, 15) is 9.90 Å². The van der Waals surface area contributed by atoms with E-state index in [-0.39, 0.29) is 6.42 Å². The highest BCUT2D eigenvalue weighted by atomic mass is 16.4. The lowest BCUT2D eigenvalue weighted by atomic mass is 9.99. The third-order valence-electron chi connectivity index (χ3n) is 2.32. The van der Waals surface area contributed by atoms with E-state index in [1.807, 2.05) is 13.0 Å². The minimum Gasteiger partial charge on any atom is -0.481 e. The molecule has 0 aliphatic carbocycles. The van der Waals surface area contributed by atoms with E-state index in [2.05, 4.69) is 6.58 Å². The van der Waals surface area contributed by atoms with E-state index in [1.165, 1.54) is 6.08 Å². The van der Waals surface area contributed by atoms with E-state index in [0.29, 0.717) is 12.8 Å². The molecule has 0 aromatic rings. The van der Waals surface area contributed by atoms with E-state index in [0.717, 1.165) is 12.0 Å². The summed E-state index contributed by atoms with van der Waals surface area (Å²) in [7, 11) is 0. The Balaban J connectivity index is 3.86. The smallest absolute Gasteiger partial charge is 0.303 e. The van der Waals surface area contributed by atoms with Crippen molar-refractivity contribution in [3.63, 3.8) is 0 Å². The van der Waals surface area contributed by atoms with E-state index >= 15 is 0 Å². The van der Waals surface area contributed by atoms with E-state index in [4.69, 9.17) is 5.11 Å². The van der Waals surface area contributed by atoms with Crippen molar-refractivity contribution in [2.45, 2.75) is 45.1 Å². The normalized spacial score (nSPS) is 15.8. The number of carboxylic acid groups (broad SMARTS) is 1. The lowest BCUT2D eigenvalue weighted by Crippen LogP contribution is -2.19. The Bertz CT molecular complexity index is 252. The highest BCUT2D eigenvalue weighted by Crippen LogP contribution is 2.15. The van der Waals surface area contributed by atoms with Crippen molar-refractivity contribution in [3.8, 4) is 0 Å². The van der Waals surface area contributed by atoms with Gasteiger partial charge in [-0.1, -0.05) is 17.7 Å². The first kappa shape index (κ1) is 13.9. The molecule has 0 heterocycles. The summed E-state index contributed by atoms with van der Waals surface area (Å²) in [4.78, 5) is 10.3. The highest BCUT2D eigenvalue weighted by molar-refractivity contribution is 5.66. The number of carbonyl (C=O) groups is 1. The number of hydrogen-bond donors (Lipinski definition) is 2. The second-order valence-corrected chi connectivity index (χ2v) is 4.04. The predicted molar refractivity (Wildman–Crippen MR) is 60.7 cm³/mol. The molecule has 0 saturated heterocycles. The van der Waals surface area contributed by atoms with Crippen LogP contribution in [0.4, 0.5) is 0 Å². The predicted octanol–water partition coefficient (Wildman–Crippen LogP) is 2.51. The largest absolute Gasteiger partial charge is 0.481 e.